The van der Waals surface area contributed by atoms with E-state index in [9.17, 15) is 0 Å². The minimum atomic E-state index is -0.581. The van der Waals surface area contributed by atoms with Crippen molar-refractivity contribution in [1.29, 1.82) is 0 Å². The Bertz CT molecular complexity index is 605. The van der Waals surface area contributed by atoms with Gasteiger partial charge in [-0.2, -0.15) is 0 Å². The molecule has 0 atom stereocenters. The lowest BCUT2D eigenvalue weighted by atomic mass is 10.7. The molecule has 3 rings (SSSR count). The Labute approximate surface area is 139 Å². The number of thiophene rings is 3. The predicted molar refractivity (Wildman–Crippen MR) is 93.8 cm³/mol. The molecule has 0 bridgehead atoms. The van der Waals surface area contributed by atoms with Gasteiger partial charge in [0.15, 0.2) is 0 Å². The van der Waals surface area contributed by atoms with E-state index >= 15 is 0 Å². The van der Waals surface area contributed by atoms with Gasteiger partial charge in [-0.05, 0) is 36.4 Å². The van der Waals surface area contributed by atoms with Crippen molar-refractivity contribution < 1.29 is 0 Å². The summed E-state index contributed by atoms with van der Waals surface area (Å²) < 4.78 is 6.26. The van der Waals surface area contributed by atoms with Crippen LogP contribution in [0.15, 0.2) is 36.4 Å². The van der Waals surface area contributed by atoms with Crippen LogP contribution < -0.4 is 13.9 Å². The van der Waals surface area contributed by atoms with Gasteiger partial charge >= 0.3 is 0 Å². The lowest BCUT2D eigenvalue weighted by Crippen LogP contribution is -2.13. The summed E-state index contributed by atoms with van der Waals surface area (Å²) in [6.45, 7) is 0. The Morgan fingerprint density at radius 3 is 1.11 bits per heavy atom. The van der Waals surface area contributed by atoms with Crippen molar-refractivity contribution in [3.8, 4) is 0 Å². The van der Waals surface area contributed by atoms with E-state index in [4.69, 9.17) is 34.8 Å². The lowest BCUT2D eigenvalue weighted by Gasteiger charge is -2.11. The van der Waals surface area contributed by atoms with Gasteiger partial charge in [-0.25, -0.2) is 0 Å². The molecule has 3 heterocycles. The van der Waals surface area contributed by atoms with Crippen LogP contribution in [0.1, 0.15) is 0 Å². The van der Waals surface area contributed by atoms with Crippen molar-refractivity contribution >= 4 is 90.6 Å². The van der Waals surface area contributed by atoms with Crippen LogP contribution >= 0.6 is 76.7 Å². The quantitative estimate of drug-likeness (QED) is 0.517. The third-order valence-corrected chi connectivity index (χ3v) is 9.67. The fourth-order valence-electron chi connectivity index (χ4n) is 1.60. The lowest BCUT2D eigenvalue weighted by molar-refractivity contribution is 2.03. The van der Waals surface area contributed by atoms with Crippen LogP contribution in [0, 0.1) is 0 Å². The predicted octanol–water partition coefficient (Wildman–Crippen LogP) is 5.59. The Kier molecular flexibility index (Phi) is 4.55. The monoisotopic (exact) mass is 382 g/mol. The summed E-state index contributed by atoms with van der Waals surface area (Å²) in [6, 6.07) is 12.1. The first-order valence-electron chi connectivity index (χ1n) is 5.19. The van der Waals surface area contributed by atoms with Gasteiger partial charge in [0.1, 0.15) is 0 Å². The number of halogens is 3. The molecule has 0 N–H and O–H groups in total. The maximum Gasteiger partial charge on any atom is 0.0935 e. The number of hydrogen-bond donors (Lipinski definition) is 0. The summed E-state index contributed by atoms with van der Waals surface area (Å²) in [5, 5.41) is 0. The second-order valence-corrected chi connectivity index (χ2v) is 11.7. The molecule has 0 aromatic carbocycles. The molecule has 0 aliphatic heterocycles. The number of rotatable bonds is 3. The zero-order valence-electron chi connectivity index (χ0n) is 9.27. The van der Waals surface area contributed by atoms with E-state index in [0.717, 1.165) is 13.0 Å². The molecule has 0 aliphatic rings. The summed E-state index contributed by atoms with van der Waals surface area (Å²) in [4.78, 5) is 0. The Balaban J connectivity index is 2.10. The van der Waals surface area contributed by atoms with Gasteiger partial charge in [0.05, 0.1) is 13.0 Å². The van der Waals surface area contributed by atoms with Crippen molar-refractivity contribution in [2.24, 2.45) is 0 Å². The van der Waals surface area contributed by atoms with E-state index in [1.807, 2.05) is 18.2 Å². The topological polar surface area (TPSA) is 0 Å². The summed E-state index contributed by atoms with van der Waals surface area (Å²) >= 11 is 23.1. The van der Waals surface area contributed by atoms with Crippen molar-refractivity contribution in [3.05, 3.63) is 49.4 Å². The molecular formula is C12H6Cl3PS3. The normalized spacial score (nSPS) is 11.4. The van der Waals surface area contributed by atoms with Crippen LogP contribution in [0.4, 0.5) is 0 Å². The second-order valence-electron chi connectivity index (χ2n) is 3.57. The third kappa shape index (κ3) is 3.19. The van der Waals surface area contributed by atoms with Gasteiger partial charge < -0.3 is 0 Å². The molecule has 0 nitrogen and oxygen atoms in total. The molecule has 3 aromatic heterocycles. The zero-order valence-corrected chi connectivity index (χ0v) is 14.9. The highest BCUT2D eigenvalue weighted by molar-refractivity contribution is 7.91. The van der Waals surface area contributed by atoms with Crippen LogP contribution in [0.3, 0.4) is 0 Å². The summed E-state index contributed by atoms with van der Waals surface area (Å²) in [6.07, 6.45) is 0. The molecule has 0 spiro atoms. The first-order chi connectivity index (χ1) is 9.13. The molecule has 0 unspecified atom stereocenters. The van der Waals surface area contributed by atoms with Crippen LogP contribution in [0.25, 0.3) is 0 Å². The average Bonchev–Trinajstić information content (AvgIpc) is 3.05. The first kappa shape index (κ1) is 14.3. The van der Waals surface area contributed by atoms with E-state index in [1.54, 1.807) is 34.0 Å². The van der Waals surface area contributed by atoms with Gasteiger partial charge in [0.2, 0.25) is 0 Å². The molecule has 0 saturated heterocycles. The highest BCUT2D eigenvalue weighted by Crippen LogP contribution is 2.42. The maximum atomic E-state index is 6.07. The van der Waals surface area contributed by atoms with Gasteiger partial charge in [-0.3, -0.25) is 0 Å². The molecule has 3 aromatic rings. The molecule has 98 valence electrons. The average molecular weight is 384 g/mol. The molecule has 7 heteroatoms. The van der Waals surface area contributed by atoms with Crippen molar-refractivity contribution in [3.63, 3.8) is 0 Å². The SMILES string of the molecule is Clc1ccc(P(c2ccc(Cl)s2)c2ccc(Cl)s2)s1. The Hall–Kier alpha value is 0.400. The van der Waals surface area contributed by atoms with E-state index in [0.29, 0.717) is 0 Å². The number of hydrogen-bond acceptors (Lipinski definition) is 3. The highest BCUT2D eigenvalue weighted by atomic mass is 35.5. The van der Waals surface area contributed by atoms with Gasteiger partial charge in [0, 0.05) is 21.8 Å². The molecular weight excluding hydrogens is 378 g/mol. The van der Waals surface area contributed by atoms with Crippen molar-refractivity contribution in [2.75, 3.05) is 0 Å². The molecule has 0 saturated carbocycles. The zero-order chi connectivity index (χ0) is 13.4. The second kappa shape index (κ2) is 6.03. The van der Waals surface area contributed by atoms with Gasteiger partial charge in [-0.1, -0.05) is 34.8 Å². The van der Waals surface area contributed by atoms with E-state index in [1.165, 1.54) is 13.9 Å². The van der Waals surface area contributed by atoms with Crippen LogP contribution in [0.5, 0.6) is 0 Å². The third-order valence-electron chi connectivity index (χ3n) is 2.34. The van der Waals surface area contributed by atoms with E-state index in [2.05, 4.69) is 18.2 Å². The Morgan fingerprint density at radius 1 is 0.579 bits per heavy atom. The van der Waals surface area contributed by atoms with Crippen molar-refractivity contribution in [1.82, 2.24) is 0 Å². The fraction of sp³-hybridized carbons (Fsp3) is 0. The molecule has 0 aliphatic carbocycles. The molecule has 0 amide bonds. The Morgan fingerprint density at radius 2 is 0.895 bits per heavy atom. The van der Waals surface area contributed by atoms with E-state index < -0.39 is 7.92 Å². The summed E-state index contributed by atoms with van der Waals surface area (Å²) in [5.74, 6) is 0. The minimum Gasteiger partial charge on any atom is -0.123 e. The molecule has 19 heavy (non-hydrogen) atoms. The van der Waals surface area contributed by atoms with Crippen LogP contribution in [-0.2, 0) is 0 Å². The smallest absolute Gasteiger partial charge is 0.0935 e. The van der Waals surface area contributed by atoms with Crippen LogP contribution in [-0.4, -0.2) is 0 Å². The van der Waals surface area contributed by atoms with E-state index in [-0.39, 0.29) is 0 Å². The van der Waals surface area contributed by atoms with Gasteiger partial charge in [0.25, 0.3) is 0 Å². The molecule has 0 fully saturated rings. The fourth-order valence-corrected chi connectivity index (χ4v) is 10.0. The standard InChI is InChI=1S/C12H6Cl3PS3/c13-7-1-4-10(17-7)16(11-5-2-8(14)18-11)12-6-3-9(15)19-12/h1-6H. The molecule has 0 radical (unpaired) electrons. The maximum absolute atomic E-state index is 6.07. The van der Waals surface area contributed by atoms with Crippen molar-refractivity contribution in [2.45, 2.75) is 0 Å². The summed E-state index contributed by atoms with van der Waals surface area (Å²) in [7, 11) is -0.581. The van der Waals surface area contributed by atoms with Crippen LogP contribution in [0.2, 0.25) is 13.0 Å². The minimum absolute atomic E-state index is 0.581. The summed E-state index contributed by atoms with van der Waals surface area (Å²) in [5.41, 5.74) is 0. The van der Waals surface area contributed by atoms with Gasteiger partial charge in [-0.15, -0.1) is 34.0 Å². The highest BCUT2D eigenvalue weighted by Gasteiger charge is 2.21. The largest absolute Gasteiger partial charge is 0.123 e. The first-order valence-corrected chi connectivity index (χ1v) is 10.1.